The number of anilines is 1. The Morgan fingerprint density at radius 3 is 2.92 bits per heavy atom. The SMILES string of the molecule is O=C1COc2ccc(S(=O)(=O)N[C@H]3CCSc4ccccc43)cc2N1. The van der Waals surface area contributed by atoms with Crippen LogP contribution in [0.2, 0.25) is 0 Å². The van der Waals surface area contributed by atoms with Crippen LogP contribution in [-0.4, -0.2) is 26.7 Å². The normalized spacial score (nSPS) is 19.4. The minimum absolute atomic E-state index is 0.0616. The number of fused-ring (bicyclic) bond motifs is 2. The third-order valence-corrected chi connectivity index (χ3v) is 6.74. The number of benzene rings is 2. The first-order valence-corrected chi connectivity index (χ1v) is 10.3. The first-order valence-electron chi connectivity index (χ1n) is 7.84. The second-order valence-electron chi connectivity index (χ2n) is 5.84. The predicted molar refractivity (Wildman–Crippen MR) is 95.4 cm³/mol. The lowest BCUT2D eigenvalue weighted by Gasteiger charge is -2.26. The molecule has 6 nitrogen and oxygen atoms in total. The lowest BCUT2D eigenvalue weighted by Crippen LogP contribution is -2.31. The molecule has 0 saturated heterocycles. The molecule has 0 fully saturated rings. The van der Waals surface area contributed by atoms with Crippen LogP contribution in [0.3, 0.4) is 0 Å². The third-order valence-electron chi connectivity index (χ3n) is 4.15. The van der Waals surface area contributed by atoms with Crippen molar-refractivity contribution in [2.45, 2.75) is 22.3 Å². The monoisotopic (exact) mass is 376 g/mol. The molecule has 2 aromatic rings. The van der Waals surface area contributed by atoms with Crippen LogP contribution in [0.25, 0.3) is 0 Å². The molecule has 0 spiro atoms. The van der Waals surface area contributed by atoms with E-state index in [2.05, 4.69) is 10.0 Å². The van der Waals surface area contributed by atoms with Crippen molar-refractivity contribution in [2.75, 3.05) is 17.7 Å². The van der Waals surface area contributed by atoms with Crippen molar-refractivity contribution in [3.05, 3.63) is 48.0 Å². The molecule has 8 heteroatoms. The summed E-state index contributed by atoms with van der Waals surface area (Å²) < 4.78 is 33.7. The van der Waals surface area contributed by atoms with Crippen LogP contribution in [0.4, 0.5) is 5.69 Å². The fourth-order valence-corrected chi connectivity index (χ4v) is 5.35. The minimum Gasteiger partial charge on any atom is -0.482 e. The molecule has 25 heavy (non-hydrogen) atoms. The first kappa shape index (κ1) is 16.4. The molecule has 2 aliphatic rings. The lowest BCUT2D eigenvalue weighted by atomic mass is 10.1. The van der Waals surface area contributed by atoms with Gasteiger partial charge in [0.1, 0.15) is 5.75 Å². The highest BCUT2D eigenvalue weighted by Crippen LogP contribution is 2.37. The molecule has 1 amide bonds. The van der Waals surface area contributed by atoms with Gasteiger partial charge in [-0.3, -0.25) is 4.79 Å². The number of hydrogen-bond donors (Lipinski definition) is 2. The van der Waals surface area contributed by atoms with E-state index in [1.165, 1.54) is 12.1 Å². The van der Waals surface area contributed by atoms with Gasteiger partial charge < -0.3 is 10.1 Å². The summed E-state index contributed by atoms with van der Waals surface area (Å²) in [7, 11) is -3.72. The minimum atomic E-state index is -3.72. The van der Waals surface area contributed by atoms with Crippen molar-refractivity contribution in [2.24, 2.45) is 0 Å². The van der Waals surface area contributed by atoms with E-state index in [4.69, 9.17) is 4.74 Å². The van der Waals surface area contributed by atoms with Crippen LogP contribution >= 0.6 is 11.8 Å². The molecule has 2 heterocycles. The molecule has 2 aliphatic heterocycles. The standard InChI is InChI=1S/C17H16N2O4S2/c20-17-10-23-15-6-5-11(9-14(15)18-17)25(21,22)19-13-7-8-24-16-4-2-1-3-12(13)16/h1-6,9,13,19H,7-8,10H2,(H,18,20)/t13-/m0/s1. The fraction of sp³-hybridized carbons (Fsp3) is 0.235. The van der Waals surface area contributed by atoms with E-state index < -0.39 is 10.0 Å². The zero-order valence-corrected chi connectivity index (χ0v) is 14.8. The number of carbonyl (C=O) groups excluding carboxylic acids is 1. The number of sulfonamides is 1. The van der Waals surface area contributed by atoms with E-state index in [0.29, 0.717) is 11.4 Å². The Balaban J connectivity index is 1.63. The molecule has 0 bridgehead atoms. The van der Waals surface area contributed by atoms with Gasteiger partial charge in [-0.1, -0.05) is 18.2 Å². The highest BCUT2D eigenvalue weighted by Gasteiger charge is 2.27. The van der Waals surface area contributed by atoms with Crippen molar-refractivity contribution in [3.8, 4) is 5.75 Å². The van der Waals surface area contributed by atoms with Crippen molar-refractivity contribution in [3.63, 3.8) is 0 Å². The van der Waals surface area contributed by atoms with E-state index in [1.54, 1.807) is 17.8 Å². The third kappa shape index (κ3) is 3.24. The average Bonchev–Trinajstić information content (AvgIpc) is 2.61. The molecule has 2 aromatic carbocycles. The zero-order valence-electron chi connectivity index (χ0n) is 13.2. The van der Waals surface area contributed by atoms with Crippen molar-refractivity contribution < 1.29 is 17.9 Å². The molecule has 0 unspecified atom stereocenters. The molecule has 0 radical (unpaired) electrons. The molecule has 0 aliphatic carbocycles. The van der Waals surface area contributed by atoms with E-state index in [-0.39, 0.29) is 23.5 Å². The number of nitrogens with one attached hydrogen (secondary N) is 2. The second-order valence-corrected chi connectivity index (χ2v) is 8.69. The number of thioether (sulfide) groups is 1. The molecule has 130 valence electrons. The summed E-state index contributed by atoms with van der Waals surface area (Å²) in [6, 6.07) is 12.0. The molecule has 0 aromatic heterocycles. The van der Waals surface area contributed by atoms with Gasteiger partial charge in [0.25, 0.3) is 5.91 Å². The highest BCUT2D eigenvalue weighted by atomic mass is 32.2. The molecule has 2 N–H and O–H groups in total. The largest absolute Gasteiger partial charge is 0.482 e. The fourth-order valence-electron chi connectivity index (χ4n) is 2.95. The Hall–Kier alpha value is -2.03. The molecule has 4 rings (SSSR count). The Morgan fingerprint density at radius 1 is 1.20 bits per heavy atom. The smallest absolute Gasteiger partial charge is 0.262 e. The van der Waals surface area contributed by atoms with E-state index in [0.717, 1.165) is 22.6 Å². The molecular formula is C17H16N2O4S2. The first-order chi connectivity index (χ1) is 12.0. The van der Waals surface area contributed by atoms with Gasteiger partial charge in [0.15, 0.2) is 6.61 Å². The van der Waals surface area contributed by atoms with Crippen molar-refractivity contribution in [1.29, 1.82) is 0 Å². The van der Waals surface area contributed by atoms with Gasteiger partial charge in [0.05, 0.1) is 10.6 Å². The summed E-state index contributed by atoms with van der Waals surface area (Å²) in [6.45, 7) is -0.0616. The van der Waals surface area contributed by atoms with Gasteiger partial charge in [-0.25, -0.2) is 13.1 Å². The van der Waals surface area contributed by atoms with Gasteiger partial charge >= 0.3 is 0 Å². The number of amides is 1. The van der Waals surface area contributed by atoms with Gasteiger partial charge in [-0.15, -0.1) is 11.8 Å². The van der Waals surface area contributed by atoms with E-state index in [1.807, 2.05) is 24.3 Å². The predicted octanol–water partition coefficient (Wildman–Crippen LogP) is 2.53. The molecule has 0 saturated carbocycles. The second kappa shape index (κ2) is 6.36. The van der Waals surface area contributed by atoms with Crippen LogP contribution in [0.5, 0.6) is 5.75 Å². The number of ether oxygens (including phenoxy) is 1. The summed E-state index contributed by atoms with van der Waals surface area (Å²) in [5.41, 5.74) is 1.37. The van der Waals surface area contributed by atoms with Crippen LogP contribution in [0.1, 0.15) is 18.0 Å². The van der Waals surface area contributed by atoms with Crippen LogP contribution < -0.4 is 14.8 Å². The topological polar surface area (TPSA) is 84.5 Å². The number of hydrogen-bond acceptors (Lipinski definition) is 5. The maximum Gasteiger partial charge on any atom is 0.262 e. The van der Waals surface area contributed by atoms with Crippen LogP contribution in [-0.2, 0) is 14.8 Å². The summed E-state index contributed by atoms with van der Waals surface area (Å²) in [4.78, 5) is 12.6. The summed E-state index contributed by atoms with van der Waals surface area (Å²) in [5, 5.41) is 2.63. The Bertz CT molecular complexity index is 943. The Labute approximate surface area is 150 Å². The molecule has 1 atom stereocenters. The van der Waals surface area contributed by atoms with E-state index >= 15 is 0 Å². The average molecular weight is 376 g/mol. The summed E-state index contributed by atoms with van der Waals surface area (Å²) >= 11 is 1.73. The lowest BCUT2D eigenvalue weighted by molar-refractivity contribution is -0.118. The Morgan fingerprint density at radius 2 is 2.04 bits per heavy atom. The van der Waals surface area contributed by atoms with Crippen molar-refractivity contribution >= 4 is 33.4 Å². The highest BCUT2D eigenvalue weighted by molar-refractivity contribution is 7.99. The van der Waals surface area contributed by atoms with Crippen LogP contribution in [0.15, 0.2) is 52.3 Å². The quantitative estimate of drug-likeness (QED) is 0.860. The van der Waals surface area contributed by atoms with Gasteiger partial charge in [-0.2, -0.15) is 0 Å². The Kier molecular flexibility index (Phi) is 4.18. The van der Waals surface area contributed by atoms with Gasteiger partial charge in [0.2, 0.25) is 10.0 Å². The zero-order chi connectivity index (χ0) is 17.4. The molecular weight excluding hydrogens is 360 g/mol. The maximum absolute atomic E-state index is 12.8. The van der Waals surface area contributed by atoms with Crippen LogP contribution in [0, 0.1) is 0 Å². The van der Waals surface area contributed by atoms with E-state index in [9.17, 15) is 13.2 Å². The van der Waals surface area contributed by atoms with Gasteiger partial charge in [0, 0.05) is 10.9 Å². The summed E-state index contributed by atoms with van der Waals surface area (Å²) in [6.07, 6.45) is 0.728. The maximum atomic E-state index is 12.8. The summed E-state index contributed by atoms with van der Waals surface area (Å²) in [5.74, 6) is 1.03. The van der Waals surface area contributed by atoms with Gasteiger partial charge in [-0.05, 0) is 42.0 Å². The van der Waals surface area contributed by atoms with Crippen molar-refractivity contribution in [1.82, 2.24) is 4.72 Å². The number of rotatable bonds is 3. The number of carbonyl (C=O) groups is 1.